The maximum absolute atomic E-state index is 12.7. The van der Waals surface area contributed by atoms with E-state index in [9.17, 15) is 8.42 Å². The van der Waals surface area contributed by atoms with Gasteiger partial charge in [-0.05, 0) is 67.2 Å². The van der Waals surface area contributed by atoms with Crippen molar-refractivity contribution >= 4 is 21.4 Å². The van der Waals surface area contributed by atoms with E-state index in [1.807, 2.05) is 11.4 Å². The minimum absolute atomic E-state index is 0.491. The average molecular weight is 367 g/mol. The number of rotatable bonds is 3. The van der Waals surface area contributed by atoms with Crippen LogP contribution < -0.4 is 0 Å². The topological polar surface area (TPSA) is 40.6 Å². The van der Waals surface area contributed by atoms with Crippen LogP contribution in [-0.2, 0) is 10.0 Å². The fourth-order valence-electron chi connectivity index (χ4n) is 6.27. The molecule has 0 radical (unpaired) electrons. The van der Waals surface area contributed by atoms with E-state index >= 15 is 0 Å². The molecule has 0 unspecified atom stereocenters. The molecule has 0 N–H and O–H groups in total. The van der Waals surface area contributed by atoms with Gasteiger partial charge in [0.2, 0.25) is 0 Å². The Morgan fingerprint density at radius 3 is 2.08 bits per heavy atom. The molecule has 0 aromatic carbocycles. The van der Waals surface area contributed by atoms with Gasteiger partial charge in [0.05, 0.1) is 0 Å². The molecule has 0 atom stereocenters. The Bertz CT molecular complexity index is 665. The summed E-state index contributed by atoms with van der Waals surface area (Å²) in [5.41, 5.74) is 0. The molecular formula is C18H26N2O2S2. The van der Waals surface area contributed by atoms with E-state index < -0.39 is 10.0 Å². The molecule has 1 aromatic heterocycles. The highest BCUT2D eigenvalue weighted by Crippen LogP contribution is 2.55. The van der Waals surface area contributed by atoms with Gasteiger partial charge in [-0.25, -0.2) is 8.42 Å². The molecule has 4 aliphatic carbocycles. The molecule has 132 valence electrons. The van der Waals surface area contributed by atoms with E-state index in [0.29, 0.717) is 17.3 Å². The molecule has 6 heteroatoms. The molecule has 24 heavy (non-hydrogen) atoms. The third-order valence-electron chi connectivity index (χ3n) is 6.96. The Morgan fingerprint density at radius 2 is 1.54 bits per heavy atom. The zero-order valence-corrected chi connectivity index (χ0v) is 15.6. The van der Waals surface area contributed by atoms with Crippen molar-refractivity contribution in [3.63, 3.8) is 0 Å². The summed E-state index contributed by atoms with van der Waals surface area (Å²) < 4.78 is 27.6. The lowest BCUT2D eigenvalue weighted by molar-refractivity contribution is -0.0720. The van der Waals surface area contributed by atoms with Gasteiger partial charge in [0.15, 0.2) is 0 Å². The molecule has 2 heterocycles. The predicted molar refractivity (Wildman–Crippen MR) is 95.5 cm³/mol. The number of nitrogens with zero attached hydrogens (tertiary/aromatic N) is 2. The van der Waals surface area contributed by atoms with Crippen LogP contribution in [0.5, 0.6) is 0 Å². The second kappa shape index (κ2) is 5.79. The molecule has 5 aliphatic rings. The lowest BCUT2D eigenvalue weighted by Crippen LogP contribution is -2.60. The third kappa shape index (κ3) is 2.49. The van der Waals surface area contributed by atoms with Crippen LogP contribution in [0.15, 0.2) is 21.7 Å². The van der Waals surface area contributed by atoms with Crippen LogP contribution in [0.3, 0.4) is 0 Å². The van der Waals surface area contributed by atoms with Crippen LogP contribution in [0.2, 0.25) is 0 Å². The van der Waals surface area contributed by atoms with E-state index in [2.05, 4.69) is 4.90 Å². The lowest BCUT2D eigenvalue weighted by atomic mass is 9.54. The van der Waals surface area contributed by atoms with Gasteiger partial charge in [-0.3, -0.25) is 4.90 Å². The molecule has 4 saturated carbocycles. The highest BCUT2D eigenvalue weighted by atomic mass is 32.2. The van der Waals surface area contributed by atoms with Crippen molar-refractivity contribution in [3.8, 4) is 0 Å². The molecule has 4 bridgehead atoms. The fourth-order valence-corrected chi connectivity index (χ4v) is 8.84. The van der Waals surface area contributed by atoms with Crippen molar-refractivity contribution in [1.29, 1.82) is 0 Å². The SMILES string of the molecule is O=S(=O)(c1cccs1)N1CCN(C2C3CC4CC(C3)CC2C4)CC1. The van der Waals surface area contributed by atoms with E-state index in [4.69, 9.17) is 0 Å². The van der Waals surface area contributed by atoms with Crippen LogP contribution in [0, 0.1) is 23.7 Å². The van der Waals surface area contributed by atoms with Crippen molar-refractivity contribution in [2.45, 2.75) is 42.4 Å². The van der Waals surface area contributed by atoms with E-state index in [0.717, 1.165) is 42.8 Å². The van der Waals surface area contributed by atoms with Crippen LogP contribution in [0.1, 0.15) is 32.1 Å². The Kier molecular flexibility index (Phi) is 3.81. The van der Waals surface area contributed by atoms with Gasteiger partial charge in [0.1, 0.15) is 4.21 Å². The Labute approximate surface area is 148 Å². The normalized spacial score (nSPS) is 40.2. The molecule has 0 spiro atoms. The van der Waals surface area contributed by atoms with Gasteiger partial charge in [-0.2, -0.15) is 4.31 Å². The zero-order valence-electron chi connectivity index (χ0n) is 14.0. The van der Waals surface area contributed by atoms with E-state index in [1.165, 1.54) is 43.4 Å². The van der Waals surface area contributed by atoms with Crippen LogP contribution in [0.25, 0.3) is 0 Å². The molecule has 1 aromatic rings. The number of sulfonamides is 1. The first-order valence-electron chi connectivity index (χ1n) is 9.39. The molecule has 0 amide bonds. The maximum atomic E-state index is 12.7. The summed E-state index contributed by atoms with van der Waals surface area (Å²) in [5, 5.41) is 1.84. The molecular weight excluding hydrogens is 340 g/mol. The standard InChI is InChI=1S/C18H26N2O2S2/c21-24(22,17-2-1-7-23-17)20-5-3-19(4-6-20)18-15-9-13-8-14(11-15)12-16(18)10-13/h1-2,7,13-16,18H,3-6,8-12H2. The molecule has 5 fully saturated rings. The summed E-state index contributed by atoms with van der Waals surface area (Å²) in [5.74, 6) is 3.79. The Balaban J connectivity index is 1.28. The summed E-state index contributed by atoms with van der Waals surface area (Å²) >= 11 is 1.33. The first-order valence-corrected chi connectivity index (χ1v) is 11.7. The maximum Gasteiger partial charge on any atom is 0.252 e. The summed E-state index contributed by atoms with van der Waals surface area (Å²) in [6.07, 6.45) is 7.24. The summed E-state index contributed by atoms with van der Waals surface area (Å²) in [7, 11) is -3.27. The van der Waals surface area contributed by atoms with Crippen molar-refractivity contribution in [1.82, 2.24) is 9.21 Å². The number of thiophene rings is 1. The number of piperazine rings is 1. The van der Waals surface area contributed by atoms with Gasteiger partial charge in [0.25, 0.3) is 10.0 Å². The predicted octanol–water partition coefficient (Wildman–Crippen LogP) is 2.88. The first kappa shape index (κ1) is 15.8. The second-order valence-corrected chi connectivity index (χ2v) is 11.4. The monoisotopic (exact) mass is 366 g/mol. The highest BCUT2D eigenvalue weighted by Gasteiger charge is 2.50. The molecule has 4 nitrogen and oxygen atoms in total. The largest absolute Gasteiger partial charge is 0.297 e. The second-order valence-electron chi connectivity index (χ2n) is 8.29. The molecule has 1 aliphatic heterocycles. The van der Waals surface area contributed by atoms with Crippen LogP contribution in [-0.4, -0.2) is 49.8 Å². The minimum Gasteiger partial charge on any atom is -0.297 e. The van der Waals surface area contributed by atoms with Gasteiger partial charge >= 0.3 is 0 Å². The number of hydrogen-bond acceptors (Lipinski definition) is 4. The van der Waals surface area contributed by atoms with Crippen molar-refractivity contribution in [2.75, 3.05) is 26.2 Å². The van der Waals surface area contributed by atoms with Gasteiger partial charge in [0, 0.05) is 32.2 Å². The Hall–Kier alpha value is -0.430. The molecule has 1 saturated heterocycles. The van der Waals surface area contributed by atoms with E-state index in [-0.39, 0.29) is 0 Å². The first-order chi connectivity index (χ1) is 11.6. The molecule has 6 rings (SSSR count). The summed E-state index contributed by atoms with van der Waals surface area (Å²) in [6.45, 7) is 3.14. The fraction of sp³-hybridized carbons (Fsp3) is 0.778. The summed E-state index contributed by atoms with van der Waals surface area (Å²) in [4.78, 5) is 2.65. The Morgan fingerprint density at radius 1 is 0.917 bits per heavy atom. The average Bonchev–Trinajstić information content (AvgIpc) is 3.09. The lowest BCUT2D eigenvalue weighted by Gasteiger charge is -2.58. The smallest absolute Gasteiger partial charge is 0.252 e. The van der Waals surface area contributed by atoms with Crippen molar-refractivity contribution < 1.29 is 8.42 Å². The minimum atomic E-state index is -3.27. The highest BCUT2D eigenvalue weighted by molar-refractivity contribution is 7.91. The number of hydrogen-bond donors (Lipinski definition) is 0. The van der Waals surface area contributed by atoms with Gasteiger partial charge in [-0.15, -0.1) is 11.3 Å². The third-order valence-corrected chi connectivity index (χ3v) is 10.2. The summed E-state index contributed by atoms with van der Waals surface area (Å²) in [6, 6.07) is 4.29. The van der Waals surface area contributed by atoms with Gasteiger partial charge in [-0.1, -0.05) is 6.07 Å². The van der Waals surface area contributed by atoms with Crippen molar-refractivity contribution in [2.24, 2.45) is 23.7 Å². The van der Waals surface area contributed by atoms with E-state index in [1.54, 1.807) is 10.4 Å². The van der Waals surface area contributed by atoms with Crippen molar-refractivity contribution in [3.05, 3.63) is 17.5 Å². The van der Waals surface area contributed by atoms with Crippen LogP contribution in [0.4, 0.5) is 0 Å². The quantitative estimate of drug-likeness (QED) is 0.826. The van der Waals surface area contributed by atoms with Crippen LogP contribution >= 0.6 is 11.3 Å². The van der Waals surface area contributed by atoms with Gasteiger partial charge < -0.3 is 0 Å². The zero-order chi connectivity index (χ0) is 16.3.